The maximum Gasteiger partial charge on any atom is 0.206 e. The van der Waals surface area contributed by atoms with E-state index in [-0.39, 0.29) is 25.0 Å². The Labute approximate surface area is 306 Å². The summed E-state index contributed by atoms with van der Waals surface area (Å²) in [6.45, 7) is 3.85. The van der Waals surface area contributed by atoms with Gasteiger partial charge in [-0.3, -0.25) is 0 Å². The lowest BCUT2D eigenvalue weighted by Crippen LogP contribution is -2.30. The summed E-state index contributed by atoms with van der Waals surface area (Å²) in [6, 6.07) is 43.2. The van der Waals surface area contributed by atoms with Gasteiger partial charge in [0, 0.05) is 5.41 Å². The van der Waals surface area contributed by atoms with Crippen LogP contribution in [0.4, 0.5) is 0 Å². The van der Waals surface area contributed by atoms with Crippen molar-refractivity contribution in [2.75, 3.05) is 0 Å². The van der Waals surface area contributed by atoms with Crippen LogP contribution in [0.25, 0.3) is 0 Å². The molecule has 1 aliphatic rings. The van der Waals surface area contributed by atoms with E-state index < -0.39 is 19.7 Å². The Morgan fingerprint density at radius 2 is 0.654 bits per heavy atom. The third kappa shape index (κ3) is 7.27. The Kier molecular flexibility index (Phi) is 9.79. The highest BCUT2D eigenvalue weighted by atomic mass is 32.2. The Morgan fingerprint density at radius 1 is 0.385 bits per heavy atom. The summed E-state index contributed by atoms with van der Waals surface area (Å²) in [4.78, 5) is 0.967. The molecule has 1 fully saturated rings. The number of ether oxygens (including phenoxy) is 2. The summed E-state index contributed by atoms with van der Waals surface area (Å²) < 4.78 is 64.6. The fourth-order valence-electron chi connectivity index (χ4n) is 6.94. The predicted molar refractivity (Wildman–Crippen MR) is 203 cm³/mol. The first-order valence-corrected chi connectivity index (χ1v) is 20.4. The summed E-state index contributed by atoms with van der Waals surface area (Å²) >= 11 is 0. The molecule has 0 bridgehead atoms. The smallest absolute Gasteiger partial charge is 0.206 e. The Balaban J connectivity index is 1.04. The van der Waals surface area contributed by atoms with Crippen molar-refractivity contribution in [2.45, 2.75) is 70.9 Å². The molecule has 6 aromatic rings. The molecule has 0 amide bonds. The first kappa shape index (κ1) is 35.2. The van der Waals surface area contributed by atoms with Gasteiger partial charge in [-0.15, -0.1) is 0 Å². The molecule has 0 saturated heterocycles. The molecule has 0 N–H and O–H groups in total. The highest BCUT2D eigenvalue weighted by Gasteiger charge is 2.35. The van der Waals surface area contributed by atoms with Crippen molar-refractivity contribution >= 4 is 19.7 Å². The zero-order valence-corrected chi connectivity index (χ0v) is 30.8. The molecule has 1 saturated carbocycles. The standard InChI is InChI=1S/C44H40O6S2/c1-32-6-22-40(23-7-32)51(45,46)42-26-18-38(19-27-42)49-36-14-10-34(11-15-36)44(30-4-3-5-31-44)35-12-16-37(17-13-35)50-39-20-28-43(29-21-39)52(47,48)41-24-8-33(2)9-25-41/h6-29H,3-5,30-31H2,1-2H3. The average Bonchev–Trinajstić information content (AvgIpc) is 3.16. The van der Waals surface area contributed by atoms with Crippen molar-refractivity contribution in [3.05, 3.63) is 168 Å². The van der Waals surface area contributed by atoms with E-state index in [4.69, 9.17) is 9.47 Å². The van der Waals surface area contributed by atoms with Crippen LogP contribution in [-0.4, -0.2) is 16.8 Å². The lowest BCUT2D eigenvalue weighted by atomic mass is 9.65. The normalized spacial score (nSPS) is 14.4. The number of rotatable bonds is 10. The number of aryl methyl sites for hydroxylation is 2. The molecule has 0 heterocycles. The van der Waals surface area contributed by atoms with Crippen LogP contribution >= 0.6 is 0 Å². The van der Waals surface area contributed by atoms with Gasteiger partial charge in [0.05, 0.1) is 19.6 Å². The predicted octanol–water partition coefficient (Wildman–Crippen LogP) is 10.8. The van der Waals surface area contributed by atoms with Crippen LogP contribution in [0.15, 0.2) is 165 Å². The minimum Gasteiger partial charge on any atom is -0.457 e. The van der Waals surface area contributed by atoms with E-state index in [1.54, 1.807) is 97.1 Å². The number of hydrogen-bond donors (Lipinski definition) is 0. The molecule has 0 radical (unpaired) electrons. The van der Waals surface area contributed by atoms with Crippen molar-refractivity contribution in [2.24, 2.45) is 0 Å². The average molecular weight is 729 g/mol. The molecular formula is C44H40O6S2. The van der Waals surface area contributed by atoms with E-state index in [9.17, 15) is 16.8 Å². The molecule has 8 heteroatoms. The van der Waals surface area contributed by atoms with Gasteiger partial charge in [0.15, 0.2) is 0 Å². The summed E-state index contributed by atoms with van der Waals surface area (Å²) in [7, 11) is -7.23. The second-order valence-electron chi connectivity index (χ2n) is 13.5. The van der Waals surface area contributed by atoms with Crippen LogP contribution in [0.3, 0.4) is 0 Å². The van der Waals surface area contributed by atoms with E-state index in [1.165, 1.54) is 17.5 Å². The molecular weight excluding hydrogens is 689 g/mol. The van der Waals surface area contributed by atoms with Crippen LogP contribution in [0.1, 0.15) is 54.4 Å². The van der Waals surface area contributed by atoms with Crippen molar-refractivity contribution in [3.8, 4) is 23.0 Å². The van der Waals surface area contributed by atoms with E-state index in [1.807, 2.05) is 38.1 Å². The van der Waals surface area contributed by atoms with Crippen LogP contribution in [-0.2, 0) is 25.1 Å². The Bertz CT molecular complexity index is 2190. The van der Waals surface area contributed by atoms with Crippen molar-refractivity contribution in [1.29, 1.82) is 0 Å². The van der Waals surface area contributed by atoms with E-state index in [0.29, 0.717) is 23.0 Å². The fraction of sp³-hybridized carbons (Fsp3) is 0.182. The van der Waals surface area contributed by atoms with Gasteiger partial charge < -0.3 is 9.47 Å². The van der Waals surface area contributed by atoms with Crippen LogP contribution in [0, 0.1) is 13.8 Å². The lowest BCUT2D eigenvalue weighted by molar-refractivity contribution is 0.345. The molecule has 0 atom stereocenters. The highest BCUT2D eigenvalue weighted by molar-refractivity contribution is 7.91. The molecule has 264 valence electrons. The van der Waals surface area contributed by atoms with Gasteiger partial charge in [0.2, 0.25) is 19.7 Å². The SMILES string of the molecule is Cc1ccc(S(=O)(=O)c2ccc(Oc3ccc(C4(c5ccc(Oc6ccc(S(=O)(=O)c7ccc(C)cc7)cc6)cc5)CCCCC4)cc3)cc2)cc1. The summed E-state index contributed by atoms with van der Waals surface area (Å²) in [5.41, 5.74) is 4.30. The van der Waals surface area contributed by atoms with Gasteiger partial charge >= 0.3 is 0 Å². The zero-order valence-electron chi connectivity index (χ0n) is 29.2. The van der Waals surface area contributed by atoms with Crippen molar-refractivity contribution < 1.29 is 26.3 Å². The molecule has 0 aliphatic heterocycles. The van der Waals surface area contributed by atoms with Gasteiger partial charge in [-0.25, -0.2) is 16.8 Å². The quantitative estimate of drug-likeness (QED) is 0.140. The second-order valence-corrected chi connectivity index (χ2v) is 17.4. The van der Waals surface area contributed by atoms with Crippen molar-refractivity contribution in [3.63, 3.8) is 0 Å². The first-order chi connectivity index (χ1) is 25.0. The van der Waals surface area contributed by atoms with Gasteiger partial charge in [-0.2, -0.15) is 0 Å². The Morgan fingerprint density at radius 3 is 0.962 bits per heavy atom. The minimum atomic E-state index is -3.62. The van der Waals surface area contributed by atoms with Gasteiger partial charge in [0.25, 0.3) is 0 Å². The first-order valence-electron chi connectivity index (χ1n) is 17.4. The maximum absolute atomic E-state index is 13.1. The lowest BCUT2D eigenvalue weighted by Gasteiger charge is -2.38. The van der Waals surface area contributed by atoms with Crippen molar-refractivity contribution in [1.82, 2.24) is 0 Å². The van der Waals surface area contributed by atoms with Crippen LogP contribution < -0.4 is 9.47 Å². The van der Waals surface area contributed by atoms with Gasteiger partial charge in [0.1, 0.15) is 23.0 Å². The summed E-state index contributed by atoms with van der Waals surface area (Å²) in [6.07, 6.45) is 5.52. The highest BCUT2D eigenvalue weighted by Crippen LogP contribution is 2.46. The monoisotopic (exact) mass is 728 g/mol. The van der Waals surface area contributed by atoms with Crippen LogP contribution in [0.5, 0.6) is 23.0 Å². The molecule has 6 nitrogen and oxygen atoms in total. The molecule has 0 unspecified atom stereocenters. The van der Waals surface area contributed by atoms with Crippen LogP contribution in [0.2, 0.25) is 0 Å². The van der Waals surface area contributed by atoms with E-state index in [2.05, 4.69) is 24.3 Å². The molecule has 0 spiro atoms. The van der Waals surface area contributed by atoms with E-state index >= 15 is 0 Å². The second kappa shape index (κ2) is 14.4. The molecule has 6 aromatic carbocycles. The van der Waals surface area contributed by atoms with Gasteiger partial charge in [-0.1, -0.05) is 78.9 Å². The zero-order chi connectivity index (χ0) is 36.3. The molecule has 52 heavy (non-hydrogen) atoms. The largest absolute Gasteiger partial charge is 0.457 e. The minimum absolute atomic E-state index is 0.146. The third-order valence-electron chi connectivity index (χ3n) is 9.92. The summed E-state index contributed by atoms with van der Waals surface area (Å²) in [5.74, 6) is 2.46. The third-order valence-corrected chi connectivity index (χ3v) is 13.5. The topological polar surface area (TPSA) is 86.7 Å². The molecule has 1 aliphatic carbocycles. The number of benzene rings is 6. The number of hydrogen-bond acceptors (Lipinski definition) is 6. The molecule has 7 rings (SSSR count). The number of sulfone groups is 2. The Hall–Kier alpha value is -5.18. The van der Waals surface area contributed by atoms with E-state index in [0.717, 1.165) is 36.8 Å². The summed E-state index contributed by atoms with van der Waals surface area (Å²) in [5, 5.41) is 0. The fourth-order valence-corrected chi connectivity index (χ4v) is 9.46. The maximum atomic E-state index is 13.1. The molecule has 0 aromatic heterocycles. The van der Waals surface area contributed by atoms with Gasteiger partial charge in [-0.05, 0) is 135 Å².